The molecule has 2 heterocycles. The molecule has 1 aromatic rings. The third-order valence-corrected chi connectivity index (χ3v) is 3.11. The van der Waals surface area contributed by atoms with Gasteiger partial charge in [0.1, 0.15) is 6.10 Å². The zero-order valence-electron chi connectivity index (χ0n) is 11.5. The Morgan fingerprint density at radius 1 is 1.47 bits per heavy atom. The summed E-state index contributed by atoms with van der Waals surface area (Å²) in [5, 5.41) is 9.85. The fraction of sp³-hybridized carbons (Fsp3) is 0.750. The number of nitrogens with zero attached hydrogens (tertiary/aromatic N) is 2. The van der Waals surface area contributed by atoms with Gasteiger partial charge in [0.25, 0.3) is 0 Å². The minimum atomic E-state index is -0.304. The number of nitrogens with one attached hydrogen (secondary N) is 2. The van der Waals surface area contributed by atoms with Gasteiger partial charge in [-0.2, -0.15) is 4.98 Å². The van der Waals surface area contributed by atoms with Gasteiger partial charge in [0, 0.05) is 20.2 Å². The zero-order valence-corrected chi connectivity index (χ0v) is 11.5. The van der Waals surface area contributed by atoms with Crippen LogP contribution in [0.2, 0.25) is 0 Å². The molecule has 7 heteroatoms. The Hall–Kier alpha value is -1.47. The Labute approximate surface area is 112 Å². The van der Waals surface area contributed by atoms with Crippen LogP contribution in [-0.4, -0.2) is 42.3 Å². The number of carbonyl (C=O) groups excluding carboxylic acids is 1. The van der Waals surface area contributed by atoms with Gasteiger partial charge < -0.3 is 19.9 Å². The Kier molecular flexibility index (Phi) is 4.49. The van der Waals surface area contributed by atoms with Crippen LogP contribution < -0.4 is 10.6 Å². The summed E-state index contributed by atoms with van der Waals surface area (Å²) >= 11 is 0. The van der Waals surface area contributed by atoms with Crippen LogP contribution in [0.1, 0.15) is 31.7 Å². The third kappa shape index (κ3) is 3.30. The summed E-state index contributed by atoms with van der Waals surface area (Å²) < 4.78 is 10.5. The van der Waals surface area contributed by atoms with E-state index in [9.17, 15) is 4.79 Å². The molecule has 1 fully saturated rings. The van der Waals surface area contributed by atoms with E-state index in [1.807, 2.05) is 13.8 Å². The smallest absolute Gasteiger partial charge is 0.237 e. The van der Waals surface area contributed by atoms with E-state index in [1.54, 1.807) is 7.11 Å². The predicted octanol–water partition coefficient (Wildman–Crippen LogP) is 0.0436. The molecule has 0 saturated carbocycles. The van der Waals surface area contributed by atoms with Crippen molar-refractivity contribution in [2.75, 3.05) is 20.2 Å². The van der Waals surface area contributed by atoms with E-state index in [1.165, 1.54) is 0 Å². The number of aromatic nitrogens is 2. The molecule has 19 heavy (non-hydrogen) atoms. The van der Waals surface area contributed by atoms with Crippen molar-refractivity contribution in [2.24, 2.45) is 5.92 Å². The van der Waals surface area contributed by atoms with E-state index in [0.717, 1.165) is 6.54 Å². The van der Waals surface area contributed by atoms with Crippen molar-refractivity contribution in [2.45, 2.75) is 32.4 Å². The first-order valence-electron chi connectivity index (χ1n) is 6.48. The van der Waals surface area contributed by atoms with Gasteiger partial charge in [-0.3, -0.25) is 4.79 Å². The quantitative estimate of drug-likeness (QED) is 0.784. The van der Waals surface area contributed by atoms with E-state index in [0.29, 0.717) is 24.7 Å². The van der Waals surface area contributed by atoms with Crippen LogP contribution in [0.4, 0.5) is 0 Å². The molecule has 0 spiro atoms. The normalized spacial score (nSPS) is 21.5. The van der Waals surface area contributed by atoms with Crippen LogP contribution in [0.5, 0.6) is 0 Å². The standard InChI is InChI=1S/C12H20N4O3/c1-7(2)10(18-3)11-15-9(19-16-11)6-8-12(17)14-5-4-13-8/h7-8,10,13H,4-6H2,1-3H3,(H,14,17). The molecular weight excluding hydrogens is 248 g/mol. The molecule has 106 valence electrons. The van der Waals surface area contributed by atoms with E-state index in [4.69, 9.17) is 9.26 Å². The van der Waals surface area contributed by atoms with Crippen LogP contribution in [0, 0.1) is 5.92 Å². The van der Waals surface area contributed by atoms with Crippen molar-refractivity contribution in [3.63, 3.8) is 0 Å². The first-order chi connectivity index (χ1) is 9.11. The van der Waals surface area contributed by atoms with Gasteiger partial charge in [0.05, 0.1) is 12.5 Å². The maximum atomic E-state index is 11.6. The van der Waals surface area contributed by atoms with Crippen LogP contribution >= 0.6 is 0 Å². The average molecular weight is 268 g/mol. The van der Waals surface area contributed by atoms with Gasteiger partial charge in [-0.25, -0.2) is 0 Å². The summed E-state index contributed by atoms with van der Waals surface area (Å²) in [6.07, 6.45) is 0.207. The van der Waals surface area contributed by atoms with Crippen LogP contribution in [0.25, 0.3) is 0 Å². The molecule has 2 atom stereocenters. The van der Waals surface area contributed by atoms with Crippen molar-refractivity contribution < 1.29 is 14.1 Å². The fourth-order valence-corrected chi connectivity index (χ4v) is 2.13. The minimum Gasteiger partial charge on any atom is -0.373 e. The number of methoxy groups -OCH3 is 1. The highest BCUT2D eigenvalue weighted by atomic mass is 16.5. The second-order valence-corrected chi connectivity index (χ2v) is 4.95. The molecule has 1 aliphatic heterocycles. The second kappa shape index (κ2) is 6.12. The highest BCUT2D eigenvalue weighted by Gasteiger charge is 2.26. The van der Waals surface area contributed by atoms with Gasteiger partial charge in [0.15, 0.2) is 0 Å². The van der Waals surface area contributed by atoms with Crippen LogP contribution in [0.15, 0.2) is 4.52 Å². The highest BCUT2D eigenvalue weighted by molar-refractivity contribution is 5.82. The molecule has 1 saturated heterocycles. The van der Waals surface area contributed by atoms with Gasteiger partial charge in [0.2, 0.25) is 17.6 Å². The van der Waals surface area contributed by atoms with Gasteiger partial charge in [-0.05, 0) is 5.92 Å². The lowest BCUT2D eigenvalue weighted by atomic mass is 10.1. The number of hydrogen-bond acceptors (Lipinski definition) is 6. The summed E-state index contributed by atoms with van der Waals surface area (Å²) in [6.45, 7) is 5.47. The summed E-state index contributed by atoms with van der Waals surface area (Å²) in [7, 11) is 1.62. The minimum absolute atomic E-state index is 0.0295. The largest absolute Gasteiger partial charge is 0.373 e. The van der Waals surface area contributed by atoms with E-state index < -0.39 is 0 Å². The highest BCUT2D eigenvalue weighted by Crippen LogP contribution is 2.22. The molecule has 0 radical (unpaired) electrons. The number of hydrogen-bond donors (Lipinski definition) is 2. The molecule has 1 amide bonds. The topological polar surface area (TPSA) is 89.3 Å². The molecule has 1 aliphatic rings. The Morgan fingerprint density at radius 2 is 2.26 bits per heavy atom. The van der Waals surface area contributed by atoms with E-state index in [-0.39, 0.29) is 24.0 Å². The Balaban J connectivity index is 2.02. The van der Waals surface area contributed by atoms with Crippen molar-refractivity contribution in [3.05, 3.63) is 11.7 Å². The van der Waals surface area contributed by atoms with E-state index >= 15 is 0 Å². The van der Waals surface area contributed by atoms with Crippen molar-refractivity contribution in [1.82, 2.24) is 20.8 Å². The number of ether oxygens (including phenoxy) is 1. The third-order valence-electron chi connectivity index (χ3n) is 3.11. The second-order valence-electron chi connectivity index (χ2n) is 4.95. The molecule has 0 aromatic carbocycles. The van der Waals surface area contributed by atoms with Gasteiger partial charge in [-0.15, -0.1) is 0 Å². The molecule has 7 nitrogen and oxygen atoms in total. The van der Waals surface area contributed by atoms with Gasteiger partial charge >= 0.3 is 0 Å². The number of amides is 1. The van der Waals surface area contributed by atoms with Gasteiger partial charge in [-0.1, -0.05) is 19.0 Å². The molecule has 0 aliphatic carbocycles. The SMILES string of the molecule is COC(c1noc(CC2NCCNC2=O)n1)C(C)C. The van der Waals surface area contributed by atoms with E-state index in [2.05, 4.69) is 20.8 Å². The first-order valence-corrected chi connectivity index (χ1v) is 6.48. The fourth-order valence-electron chi connectivity index (χ4n) is 2.13. The molecule has 0 bridgehead atoms. The summed E-state index contributed by atoms with van der Waals surface area (Å²) in [5.41, 5.74) is 0. The lowest BCUT2D eigenvalue weighted by Crippen LogP contribution is -2.53. The molecular formula is C12H20N4O3. The van der Waals surface area contributed by atoms with Crippen LogP contribution in [0.3, 0.4) is 0 Å². The number of rotatable bonds is 5. The lowest BCUT2D eigenvalue weighted by Gasteiger charge is -2.21. The van der Waals surface area contributed by atoms with Crippen molar-refractivity contribution >= 4 is 5.91 Å². The zero-order chi connectivity index (χ0) is 13.8. The van der Waals surface area contributed by atoms with Crippen molar-refractivity contribution in [3.8, 4) is 0 Å². The molecule has 1 aromatic heterocycles. The Morgan fingerprint density at radius 3 is 2.89 bits per heavy atom. The van der Waals surface area contributed by atoms with Crippen molar-refractivity contribution in [1.29, 1.82) is 0 Å². The monoisotopic (exact) mass is 268 g/mol. The average Bonchev–Trinajstić information content (AvgIpc) is 2.81. The first kappa shape index (κ1) is 14.0. The Bertz CT molecular complexity index is 432. The molecule has 2 unspecified atom stereocenters. The number of piperazine rings is 1. The predicted molar refractivity (Wildman–Crippen MR) is 67.4 cm³/mol. The lowest BCUT2D eigenvalue weighted by molar-refractivity contribution is -0.124. The molecule has 2 rings (SSSR count). The summed E-state index contributed by atoms with van der Waals surface area (Å²) in [6, 6.07) is -0.304. The maximum Gasteiger partial charge on any atom is 0.237 e. The summed E-state index contributed by atoms with van der Waals surface area (Å²) in [4.78, 5) is 15.9. The maximum absolute atomic E-state index is 11.6. The summed E-state index contributed by atoms with van der Waals surface area (Å²) in [5.74, 6) is 1.21. The molecule has 2 N–H and O–H groups in total. The number of carbonyl (C=O) groups is 1. The van der Waals surface area contributed by atoms with Crippen LogP contribution in [-0.2, 0) is 16.0 Å².